The molecule has 1 aliphatic heterocycles. The van der Waals surface area contributed by atoms with Gasteiger partial charge in [0.25, 0.3) is 5.91 Å². The van der Waals surface area contributed by atoms with Crippen LogP contribution in [0.4, 0.5) is 0 Å². The minimum Gasteiger partial charge on any atom is -0.355 e. The van der Waals surface area contributed by atoms with E-state index in [0.717, 1.165) is 18.4 Å². The standard InChI is InChI=1S/C21H19N7O3/c29-21(16-10-18(30-26-16)15-4-1-5-22-11-15)28-8-2-3-14(13-28)9-19-25-20(27-31-19)17-12-23-6-7-24-17/h1,4-7,10-12,14H,2-3,8-9,13H2. The number of carbonyl (C=O) groups excluding carboxylic acids is 1. The van der Waals surface area contributed by atoms with Crippen LogP contribution in [0.3, 0.4) is 0 Å². The van der Waals surface area contributed by atoms with E-state index < -0.39 is 0 Å². The molecule has 156 valence electrons. The monoisotopic (exact) mass is 417 g/mol. The molecule has 1 atom stereocenters. The lowest BCUT2D eigenvalue weighted by Gasteiger charge is -2.31. The van der Waals surface area contributed by atoms with E-state index in [-0.39, 0.29) is 11.8 Å². The third-order valence-electron chi connectivity index (χ3n) is 5.21. The second kappa shape index (κ2) is 8.42. The highest BCUT2D eigenvalue weighted by atomic mass is 16.5. The number of pyridine rings is 1. The minimum absolute atomic E-state index is 0.144. The Morgan fingerprint density at radius 3 is 2.90 bits per heavy atom. The Morgan fingerprint density at radius 1 is 1.13 bits per heavy atom. The van der Waals surface area contributed by atoms with Gasteiger partial charge in [-0.1, -0.05) is 10.3 Å². The molecule has 4 aromatic rings. The van der Waals surface area contributed by atoms with E-state index in [9.17, 15) is 4.79 Å². The maximum absolute atomic E-state index is 13.0. The molecule has 10 heteroatoms. The Bertz CT molecular complexity index is 1160. The van der Waals surface area contributed by atoms with Gasteiger partial charge >= 0.3 is 0 Å². The van der Waals surface area contributed by atoms with Gasteiger partial charge in [-0.3, -0.25) is 14.8 Å². The van der Waals surface area contributed by atoms with Gasteiger partial charge in [-0.25, -0.2) is 4.98 Å². The molecule has 0 N–H and O–H groups in total. The van der Waals surface area contributed by atoms with Crippen molar-refractivity contribution in [3.8, 4) is 22.8 Å². The van der Waals surface area contributed by atoms with Gasteiger partial charge in [0.2, 0.25) is 11.7 Å². The van der Waals surface area contributed by atoms with Crippen LogP contribution < -0.4 is 0 Å². The van der Waals surface area contributed by atoms with Crippen LogP contribution in [0.2, 0.25) is 0 Å². The number of nitrogens with zero attached hydrogens (tertiary/aromatic N) is 7. The lowest BCUT2D eigenvalue weighted by atomic mass is 9.94. The van der Waals surface area contributed by atoms with Crippen molar-refractivity contribution in [3.05, 3.63) is 60.8 Å². The Labute approximate surface area is 177 Å². The van der Waals surface area contributed by atoms with Gasteiger partial charge in [-0.2, -0.15) is 4.98 Å². The molecule has 0 saturated carbocycles. The number of rotatable bonds is 5. The SMILES string of the molecule is O=C(c1cc(-c2cccnc2)on1)N1CCCC(Cc2nc(-c3cnccn3)no2)C1. The predicted octanol–water partition coefficient (Wildman–Crippen LogP) is 2.67. The molecular formula is C21H19N7O3. The molecule has 0 aromatic carbocycles. The molecule has 5 rings (SSSR count). The molecule has 1 fully saturated rings. The summed E-state index contributed by atoms with van der Waals surface area (Å²) < 4.78 is 10.7. The Hall–Kier alpha value is -3.95. The van der Waals surface area contributed by atoms with Gasteiger partial charge in [-0.15, -0.1) is 0 Å². The van der Waals surface area contributed by atoms with Crippen molar-refractivity contribution in [1.29, 1.82) is 0 Å². The van der Waals surface area contributed by atoms with Crippen LogP contribution in [0.15, 0.2) is 58.2 Å². The number of amides is 1. The first-order valence-corrected chi connectivity index (χ1v) is 10.0. The number of aromatic nitrogens is 6. The maximum Gasteiger partial charge on any atom is 0.276 e. The summed E-state index contributed by atoms with van der Waals surface area (Å²) in [7, 11) is 0. The number of piperidine rings is 1. The molecular weight excluding hydrogens is 398 g/mol. The average molecular weight is 417 g/mol. The highest BCUT2D eigenvalue weighted by Crippen LogP contribution is 2.24. The zero-order chi connectivity index (χ0) is 21.0. The van der Waals surface area contributed by atoms with E-state index in [2.05, 4.69) is 30.2 Å². The van der Waals surface area contributed by atoms with Crippen LogP contribution in [0.5, 0.6) is 0 Å². The second-order valence-electron chi connectivity index (χ2n) is 7.38. The summed E-state index contributed by atoms with van der Waals surface area (Å²) in [6.45, 7) is 1.27. The van der Waals surface area contributed by atoms with E-state index in [1.165, 1.54) is 0 Å². The Morgan fingerprint density at radius 2 is 2.06 bits per heavy atom. The zero-order valence-electron chi connectivity index (χ0n) is 16.6. The zero-order valence-corrected chi connectivity index (χ0v) is 16.6. The molecule has 1 unspecified atom stereocenters. The van der Waals surface area contributed by atoms with Crippen LogP contribution in [-0.2, 0) is 6.42 Å². The first-order valence-electron chi connectivity index (χ1n) is 10.0. The fourth-order valence-electron chi connectivity index (χ4n) is 3.70. The predicted molar refractivity (Wildman–Crippen MR) is 107 cm³/mol. The van der Waals surface area contributed by atoms with Crippen LogP contribution >= 0.6 is 0 Å². The van der Waals surface area contributed by atoms with Gasteiger partial charge in [0, 0.05) is 55.9 Å². The average Bonchev–Trinajstić information content (AvgIpc) is 3.50. The summed E-state index contributed by atoms with van der Waals surface area (Å²) in [4.78, 5) is 31.4. The normalized spacial score (nSPS) is 16.4. The molecule has 0 spiro atoms. The fourth-order valence-corrected chi connectivity index (χ4v) is 3.70. The van der Waals surface area contributed by atoms with Crippen LogP contribution in [-0.4, -0.2) is 54.1 Å². The molecule has 31 heavy (non-hydrogen) atoms. The smallest absolute Gasteiger partial charge is 0.276 e. The van der Waals surface area contributed by atoms with Gasteiger partial charge < -0.3 is 13.9 Å². The topological polar surface area (TPSA) is 124 Å². The summed E-state index contributed by atoms with van der Waals surface area (Å²) in [6.07, 6.45) is 10.6. The third kappa shape index (κ3) is 4.18. The summed E-state index contributed by atoms with van der Waals surface area (Å²) in [5, 5.41) is 7.95. The fraction of sp³-hybridized carbons (Fsp3) is 0.286. The minimum atomic E-state index is -0.144. The Balaban J connectivity index is 1.24. The van der Waals surface area contributed by atoms with Gasteiger partial charge in [0.1, 0.15) is 5.69 Å². The first kappa shape index (κ1) is 19.0. The number of likely N-dealkylation sites (tertiary alicyclic amines) is 1. The molecule has 10 nitrogen and oxygen atoms in total. The lowest BCUT2D eigenvalue weighted by Crippen LogP contribution is -2.40. The number of hydrogen-bond donors (Lipinski definition) is 0. The van der Waals surface area contributed by atoms with E-state index >= 15 is 0 Å². The lowest BCUT2D eigenvalue weighted by molar-refractivity contribution is 0.0658. The molecule has 1 saturated heterocycles. The van der Waals surface area contributed by atoms with Crippen molar-refractivity contribution in [1.82, 2.24) is 35.1 Å². The van der Waals surface area contributed by atoms with E-state index in [4.69, 9.17) is 9.05 Å². The molecule has 0 radical (unpaired) electrons. The second-order valence-corrected chi connectivity index (χ2v) is 7.38. The molecule has 0 aliphatic carbocycles. The first-order chi connectivity index (χ1) is 15.3. The van der Waals surface area contributed by atoms with Gasteiger partial charge in [-0.05, 0) is 30.9 Å². The largest absolute Gasteiger partial charge is 0.355 e. The Kier molecular flexibility index (Phi) is 5.17. The van der Waals surface area contributed by atoms with Crippen molar-refractivity contribution in [2.45, 2.75) is 19.3 Å². The van der Waals surface area contributed by atoms with E-state index in [1.54, 1.807) is 42.0 Å². The van der Waals surface area contributed by atoms with Crippen LogP contribution in [0, 0.1) is 5.92 Å². The summed E-state index contributed by atoms with van der Waals surface area (Å²) >= 11 is 0. The molecule has 1 amide bonds. The molecule has 4 aromatic heterocycles. The third-order valence-corrected chi connectivity index (χ3v) is 5.21. The van der Waals surface area contributed by atoms with Crippen molar-refractivity contribution < 1.29 is 13.8 Å². The van der Waals surface area contributed by atoms with Crippen LogP contribution in [0.1, 0.15) is 29.2 Å². The molecule has 1 aliphatic rings. The van der Waals surface area contributed by atoms with Crippen molar-refractivity contribution in [2.24, 2.45) is 5.92 Å². The number of carbonyl (C=O) groups is 1. The highest BCUT2D eigenvalue weighted by molar-refractivity contribution is 5.93. The number of hydrogen-bond acceptors (Lipinski definition) is 9. The van der Waals surface area contributed by atoms with E-state index in [0.29, 0.717) is 48.4 Å². The summed E-state index contributed by atoms with van der Waals surface area (Å²) in [6, 6.07) is 5.33. The summed E-state index contributed by atoms with van der Waals surface area (Å²) in [5.41, 5.74) is 1.64. The van der Waals surface area contributed by atoms with Gasteiger partial charge in [0.15, 0.2) is 11.5 Å². The quantitative estimate of drug-likeness (QED) is 0.482. The van der Waals surface area contributed by atoms with Crippen molar-refractivity contribution in [3.63, 3.8) is 0 Å². The maximum atomic E-state index is 13.0. The van der Waals surface area contributed by atoms with Crippen LogP contribution in [0.25, 0.3) is 22.8 Å². The van der Waals surface area contributed by atoms with Crippen molar-refractivity contribution in [2.75, 3.05) is 13.1 Å². The molecule has 0 bridgehead atoms. The van der Waals surface area contributed by atoms with E-state index in [1.807, 2.05) is 12.1 Å². The summed E-state index contributed by atoms with van der Waals surface area (Å²) in [5.74, 6) is 1.54. The molecule has 5 heterocycles. The van der Waals surface area contributed by atoms with Gasteiger partial charge in [0.05, 0.1) is 6.20 Å². The highest BCUT2D eigenvalue weighted by Gasteiger charge is 2.28. The van der Waals surface area contributed by atoms with Crippen molar-refractivity contribution >= 4 is 5.91 Å².